The zero-order chi connectivity index (χ0) is 20.4. The molecule has 0 aliphatic carbocycles. The number of rotatable bonds is 6. The van der Waals surface area contributed by atoms with Crippen molar-refractivity contribution in [1.82, 2.24) is 0 Å². The first-order valence-electron chi connectivity index (χ1n) is 9.57. The van der Waals surface area contributed by atoms with Crippen molar-refractivity contribution in [3.05, 3.63) is 77.7 Å². The number of nitrogens with zero attached hydrogens (tertiary/aromatic N) is 1. The molecular weight excluding hydrogens is 370 g/mol. The molecule has 1 aromatic heterocycles. The van der Waals surface area contributed by atoms with Crippen LogP contribution in [-0.2, 0) is 11.3 Å². The first-order chi connectivity index (χ1) is 14.1. The van der Waals surface area contributed by atoms with Crippen LogP contribution >= 0.6 is 0 Å². The molecule has 1 aliphatic heterocycles. The van der Waals surface area contributed by atoms with Crippen LogP contribution in [0.5, 0.6) is 11.5 Å². The van der Waals surface area contributed by atoms with Crippen molar-refractivity contribution in [1.29, 1.82) is 0 Å². The van der Waals surface area contributed by atoms with E-state index in [2.05, 4.69) is 0 Å². The van der Waals surface area contributed by atoms with Crippen molar-refractivity contribution >= 4 is 11.6 Å². The van der Waals surface area contributed by atoms with Gasteiger partial charge >= 0.3 is 0 Å². The summed E-state index contributed by atoms with van der Waals surface area (Å²) < 4.78 is 16.5. The summed E-state index contributed by atoms with van der Waals surface area (Å²) in [6.45, 7) is 2.30. The summed E-state index contributed by atoms with van der Waals surface area (Å²) in [6, 6.07) is 16.4. The summed E-state index contributed by atoms with van der Waals surface area (Å²) >= 11 is 0. The fourth-order valence-electron chi connectivity index (χ4n) is 3.50. The van der Waals surface area contributed by atoms with E-state index in [0.717, 1.165) is 11.3 Å². The minimum atomic E-state index is -0.923. The fourth-order valence-corrected chi connectivity index (χ4v) is 3.50. The number of hydrogen-bond acceptors (Lipinski definition) is 5. The van der Waals surface area contributed by atoms with Crippen molar-refractivity contribution < 1.29 is 23.8 Å². The molecule has 4 rings (SSSR count). The lowest BCUT2D eigenvalue weighted by Crippen LogP contribution is -2.45. The lowest BCUT2D eigenvalue weighted by atomic mass is 10.0. The van der Waals surface area contributed by atoms with Crippen LogP contribution < -0.4 is 14.4 Å². The molecule has 6 heteroatoms. The molecule has 1 N–H and O–H groups in total. The number of carbonyl (C=O) groups excluding carboxylic acids is 1. The molecule has 0 spiro atoms. The Morgan fingerprint density at radius 3 is 2.76 bits per heavy atom. The Hall–Kier alpha value is -3.25. The van der Waals surface area contributed by atoms with Crippen LogP contribution in [0.4, 0.5) is 5.69 Å². The van der Waals surface area contributed by atoms with Crippen LogP contribution in [-0.4, -0.2) is 24.2 Å². The van der Waals surface area contributed by atoms with Crippen LogP contribution in [0.2, 0.25) is 0 Å². The van der Waals surface area contributed by atoms with Gasteiger partial charge in [0.05, 0.1) is 25.6 Å². The third kappa shape index (κ3) is 3.71. The fraction of sp³-hybridized carbons (Fsp3) is 0.261. The Bertz CT molecular complexity index is 998. The third-order valence-electron chi connectivity index (χ3n) is 5.06. The highest BCUT2D eigenvalue weighted by Crippen LogP contribution is 2.39. The maximum absolute atomic E-state index is 13.1. The number of methoxy groups -OCH3 is 1. The second kappa shape index (κ2) is 8.01. The molecule has 29 heavy (non-hydrogen) atoms. The number of amides is 1. The molecule has 0 saturated carbocycles. The van der Waals surface area contributed by atoms with Crippen molar-refractivity contribution in [2.45, 2.75) is 32.1 Å². The molecule has 3 aromatic rings. The van der Waals surface area contributed by atoms with Gasteiger partial charge in [-0.15, -0.1) is 0 Å². The summed E-state index contributed by atoms with van der Waals surface area (Å²) in [5.41, 5.74) is 2.20. The van der Waals surface area contributed by atoms with Gasteiger partial charge in [0.25, 0.3) is 5.91 Å². The molecular formula is C23H23NO5. The van der Waals surface area contributed by atoms with E-state index in [1.165, 1.54) is 6.26 Å². The van der Waals surface area contributed by atoms with Gasteiger partial charge in [-0.2, -0.15) is 0 Å². The smallest absolute Gasteiger partial charge is 0.268 e. The first-order valence-corrected chi connectivity index (χ1v) is 9.57. The van der Waals surface area contributed by atoms with Crippen molar-refractivity contribution in [3.8, 4) is 11.5 Å². The molecule has 150 valence electrons. The summed E-state index contributed by atoms with van der Waals surface area (Å²) in [4.78, 5) is 14.8. The molecule has 2 unspecified atom stereocenters. The SMILES string of the molecule is CCC1Oc2ccc(C(O)c3ccco3)cc2N(Cc2cccc(OC)c2)C1=O. The number of furan rings is 1. The largest absolute Gasteiger partial charge is 0.497 e. The minimum Gasteiger partial charge on any atom is -0.497 e. The molecule has 0 saturated heterocycles. The number of benzene rings is 2. The van der Waals surface area contributed by atoms with E-state index in [9.17, 15) is 9.90 Å². The van der Waals surface area contributed by atoms with E-state index >= 15 is 0 Å². The Balaban J connectivity index is 1.72. The second-order valence-electron chi connectivity index (χ2n) is 6.94. The quantitative estimate of drug-likeness (QED) is 0.683. The van der Waals surface area contributed by atoms with Crippen molar-refractivity contribution in [2.75, 3.05) is 12.0 Å². The summed E-state index contributed by atoms with van der Waals surface area (Å²) in [5, 5.41) is 10.6. The number of carbonyl (C=O) groups is 1. The number of ether oxygens (including phenoxy) is 2. The van der Waals surface area contributed by atoms with E-state index in [0.29, 0.717) is 35.7 Å². The minimum absolute atomic E-state index is 0.104. The van der Waals surface area contributed by atoms with Crippen LogP contribution in [0, 0.1) is 0 Å². The van der Waals surface area contributed by atoms with Gasteiger partial charge in [-0.3, -0.25) is 4.79 Å². The van der Waals surface area contributed by atoms with Gasteiger partial charge in [0.2, 0.25) is 0 Å². The van der Waals surface area contributed by atoms with Crippen molar-refractivity contribution in [2.24, 2.45) is 0 Å². The summed E-state index contributed by atoms with van der Waals surface area (Å²) in [7, 11) is 1.61. The highest BCUT2D eigenvalue weighted by atomic mass is 16.5. The third-order valence-corrected chi connectivity index (χ3v) is 5.06. The van der Waals surface area contributed by atoms with Gasteiger partial charge in [0, 0.05) is 0 Å². The Labute approximate surface area is 169 Å². The van der Waals surface area contributed by atoms with Gasteiger partial charge in [0.15, 0.2) is 6.10 Å². The maximum Gasteiger partial charge on any atom is 0.268 e. The zero-order valence-electron chi connectivity index (χ0n) is 16.4. The molecule has 2 aromatic carbocycles. The van der Waals surface area contributed by atoms with Gasteiger partial charge in [-0.1, -0.05) is 25.1 Å². The topological polar surface area (TPSA) is 72.1 Å². The average Bonchev–Trinajstić information content (AvgIpc) is 3.29. The number of fused-ring (bicyclic) bond motifs is 1. The maximum atomic E-state index is 13.1. The van der Waals surface area contributed by atoms with Crippen LogP contribution in [0.25, 0.3) is 0 Å². The summed E-state index contributed by atoms with van der Waals surface area (Å²) in [6.07, 6.45) is 0.635. The van der Waals surface area contributed by atoms with Gasteiger partial charge in [0.1, 0.15) is 23.4 Å². The molecule has 2 heterocycles. The predicted octanol–water partition coefficient (Wildman–Crippen LogP) is 4.07. The lowest BCUT2D eigenvalue weighted by molar-refractivity contribution is -0.126. The molecule has 2 atom stereocenters. The Morgan fingerprint density at radius 1 is 1.17 bits per heavy atom. The number of aliphatic hydroxyl groups excluding tert-OH is 1. The Kier molecular flexibility index (Phi) is 5.27. The Morgan fingerprint density at radius 2 is 2.03 bits per heavy atom. The normalized spacial score (nSPS) is 16.9. The standard InChI is InChI=1S/C23H23NO5/c1-3-19-23(26)24(14-15-6-4-7-17(12-15)27-2)18-13-16(9-10-20(18)29-19)22(25)21-8-5-11-28-21/h4-13,19,22,25H,3,14H2,1-2H3. The van der Waals surface area contributed by atoms with E-state index in [-0.39, 0.29) is 5.91 Å². The number of aliphatic hydroxyl groups is 1. The van der Waals surface area contributed by atoms with Gasteiger partial charge in [-0.25, -0.2) is 0 Å². The number of hydrogen-bond donors (Lipinski definition) is 1. The lowest BCUT2D eigenvalue weighted by Gasteiger charge is -2.34. The monoisotopic (exact) mass is 393 g/mol. The molecule has 6 nitrogen and oxygen atoms in total. The van der Waals surface area contributed by atoms with E-state index in [1.807, 2.05) is 31.2 Å². The van der Waals surface area contributed by atoms with Crippen LogP contribution in [0.3, 0.4) is 0 Å². The van der Waals surface area contributed by atoms with Crippen LogP contribution in [0.15, 0.2) is 65.3 Å². The van der Waals surface area contributed by atoms with E-state index in [4.69, 9.17) is 13.9 Å². The first kappa shape index (κ1) is 19.1. The van der Waals surface area contributed by atoms with Gasteiger partial charge < -0.3 is 23.9 Å². The predicted molar refractivity (Wildman–Crippen MR) is 108 cm³/mol. The molecule has 0 bridgehead atoms. The molecule has 0 fully saturated rings. The average molecular weight is 393 g/mol. The highest BCUT2D eigenvalue weighted by Gasteiger charge is 2.34. The van der Waals surface area contributed by atoms with E-state index in [1.54, 1.807) is 42.3 Å². The second-order valence-corrected chi connectivity index (χ2v) is 6.94. The molecule has 1 aliphatic rings. The van der Waals surface area contributed by atoms with Crippen molar-refractivity contribution in [3.63, 3.8) is 0 Å². The number of anilines is 1. The highest BCUT2D eigenvalue weighted by molar-refractivity contribution is 6.00. The molecule has 1 amide bonds. The van der Waals surface area contributed by atoms with E-state index < -0.39 is 12.2 Å². The zero-order valence-corrected chi connectivity index (χ0v) is 16.4. The van der Waals surface area contributed by atoms with Crippen LogP contribution in [0.1, 0.15) is 36.3 Å². The van der Waals surface area contributed by atoms with Gasteiger partial charge in [-0.05, 0) is 53.9 Å². The molecule has 0 radical (unpaired) electrons. The summed E-state index contributed by atoms with van der Waals surface area (Å²) in [5.74, 6) is 1.69.